The number of nitrogen functional groups attached to an aromatic ring is 1. The van der Waals surface area contributed by atoms with Crippen molar-refractivity contribution in [1.82, 2.24) is 20.1 Å². The molecule has 0 saturated heterocycles. The van der Waals surface area contributed by atoms with E-state index in [0.717, 1.165) is 19.6 Å². The standard InChI is InChI=1S/C12H23ClN6O2/c1-18(6-7-21-9-8-20-3)4-5-19(2)12-15-11(14)10(13)16-17-12/h4-9H2,1-3H3,(H2,14,15,17). The van der Waals surface area contributed by atoms with Crippen LogP contribution in [-0.2, 0) is 9.47 Å². The number of halogens is 1. The number of hydrogen-bond donors (Lipinski definition) is 1. The number of ether oxygens (including phenoxy) is 2. The van der Waals surface area contributed by atoms with Crippen LogP contribution in [0.3, 0.4) is 0 Å². The Hall–Kier alpha value is -1.22. The lowest BCUT2D eigenvalue weighted by molar-refractivity contribution is 0.0609. The van der Waals surface area contributed by atoms with Gasteiger partial charge in [0.05, 0.1) is 19.8 Å². The van der Waals surface area contributed by atoms with Crippen molar-refractivity contribution >= 4 is 23.4 Å². The molecule has 0 fully saturated rings. The zero-order valence-corrected chi connectivity index (χ0v) is 13.5. The predicted molar refractivity (Wildman–Crippen MR) is 82.7 cm³/mol. The van der Waals surface area contributed by atoms with Crippen LogP contribution in [0.1, 0.15) is 0 Å². The van der Waals surface area contributed by atoms with E-state index in [-0.39, 0.29) is 11.0 Å². The molecule has 0 amide bonds. The Morgan fingerprint density at radius 2 is 1.86 bits per heavy atom. The van der Waals surface area contributed by atoms with E-state index in [2.05, 4.69) is 20.1 Å². The topological polar surface area (TPSA) is 89.6 Å². The van der Waals surface area contributed by atoms with Gasteiger partial charge in [0.1, 0.15) is 0 Å². The molecule has 0 aliphatic heterocycles. The first kappa shape index (κ1) is 17.8. The van der Waals surface area contributed by atoms with Gasteiger partial charge in [-0.3, -0.25) is 0 Å². The molecule has 21 heavy (non-hydrogen) atoms. The first-order valence-corrected chi connectivity index (χ1v) is 7.04. The number of rotatable bonds is 10. The van der Waals surface area contributed by atoms with Crippen molar-refractivity contribution in [2.45, 2.75) is 0 Å². The number of nitrogens with zero attached hydrogens (tertiary/aromatic N) is 5. The minimum Gasteiger partial charge on any atom is -0.382 e. The van der Waals surface area contributed by atoms with Crippen LogP contribution in [0, 0.1) is 0 Å². The highest BCUT2D eigenvalue weighted by Crippen LogP contribution is 2.13. The van der Waals surface area contributed by atoms with Gasteiger partial charge in [-0.2, -0.15) is 4.98 Å². The van der Waals surface area contributed by atoms with Crippen LogP contribution < -0.4 is 10.6 Å². The van der Waals surface area contributed by atoms with Gasteiger partial charge in [0.15, 0.2) is 11.0 Å². The van der Waals surface area contributed by atoms with Gasteiger partial charge in [-0.05, 0) is 7.05 Å². The van der Waals surface area contributed by atoms with E-state index in [1.54, 1.807) is 7.11 Å². The fourth-order valence-corrected chi connectivity index (χ4v) is 1.56. The second-order valence-corrected chi connectivity index (χ2v) is 4.98. The van der Waals surface area contributed by atoms with E-state index in [1.807, 2.05) is 19.0 Å². The maximum Gasteiger partial charge on any atom is 0.247 e. The third-order valence-electron chi connectivity index (χ3n) is 2.87. The van der Waals surface area contributed by atoms with E-state index >= 15 is 0 Å². The number of hydrogen-bond acceptors (Lipinski definition) is 8. The summed E-state index contributed by atoms with van der Waals surface area (Å²) in [6.45, 7) is 4.35. The molecule has 0 atom stereocenters. The molecule has 0 unspecified atom stereocenters. The molecule has 0 radical (unpaired) electrons. The lowest BCUT2D eigenvalue weighted by Crippen LogP contribution is -2.33. The van der Waals surface area contributed by atoms with Gasteiger partial charge in [-0.25, -0.2) is 0 Å². The fraction of sp³-hybridized carbons (Fsp3) is 0.750. The van der Waals surface area contributed by atoms with Gasteiger partial charge >= 0.3 is 0 Å². The Bertz CT molecular complexity index is 423. The number of aromatic nitrogens is 3. The van der Waals surface area contributed by atoms with E-state index in [4.69, 9.17) is 26.8 Å². The first-order chi connectivity index (χ1) is 10.0. The molecule has 1 aromatic rings. The maximum atomic E-state index is 5.70. The summed E-state index contributed by atoms with van der Waals surface area (Å²) >= 11 is 5.70. The summed E-state index contributed by atoms with van der Waals surface area (Å²) in [7, 11) is 5.57. The molecule has 9 heteroatoms. The second-order valence-electron chi connectivity index (χ2n) is 4.62. The summed E-state index contributed by atoms with van der Waals surface area (Å²) in [5, 5.41) is 7.78. The monoisotopic (exact) mass is 318 g/mol. The Morgan fingerprint density at radius 3 is 2.52 bits per heavy atom. The van der Waals surface area contributed by atoms with Gasteiger partial charge in [0, 0.05) is 33.8 Å². The molecular weight excluding hydrogens is 296 g/mol. The summed E-state index contributed by atoms with van der Waals surface area (Å²) in [5.74, 6) is 0.648. The Morgan fingerprint density at radius 1 is 1.10 bits per heavy atom. The third kappa shape index (κ3) is 6.85. The summed E-state index contributed by atoms with van der Waals surface area (Å²) in [6, 6.07) is 0. The van der Waals surface area contributed by atoms with Crippen molar-refractivity contribution in [2.24, 2.45) is 0 Å². The highest BCUT2D eigenvalue weighted by atomic mass is 35.5. The van der Waals surface area contributed by atoms with Crippen molar-refractivity contribution in [3.8, 4) is 0 Å². The summed E-state index contributed by atoms with van der Waals surface area (Å²) in [5.41, 5.74) is 5.61. The zero-order chi connectivity index (χ0) is 15.7. The average Bonchev–Trinajstić information content (AvgIpc) is 2.47. The van der Waals surface area contributed by atoms with Gasteiger partial charge in [-0.15, -0.1) is 10.2 Å². The second kappa shape index (κ2) is 9.67. The van der Waals surface area contributed by atoms with E-state index < -0.39 is 0 Å². The summed E-state index contributed by atoms with van der Waals surface area (Å²) < 4.78 is 10.3. The van der Waals surface area contributed by atoms with Crippen LogP contribution in [0.5, 0.6) is 0 Å². The van der Waals surface area contributed by atoms with Crippen LogP contribution in [0.2, 0.25) is 5.15 Å². The number of nitrogens with two attached hydrogens (primary N) is 1. The molecule has 1 heterocycles. The van der Waals surface area contributed by atoms with Crippen LogP contribution in [-0.4, -0.2) is 80.7 Å². The molecule has 120 valence electrons. The van der Waals surface area contributed by atoms with Crippen molar-refractivity contribution in [3.63, 3.8) is 0 Å². The smallest absolute Gasteiger partial charge is 0.247 e. The molecule has 0 aliphatic rings. The highest BCUT2D eigenvalue weighted by molar-refractivity contribution is 6.31. The third-order valence-corrected chi connectivity index (χ3v) is 3.14. The summed E-state index contributed by atoms with van der Waals surface area (Å²) in [6.07, 6.45) is 0. The van der Waals surface area contributed by atoms with E-state index in [1.165, 1.54) is 0 Å². The van der Waals surface area contributed by atoms with Crippen molar-refractivity contribution in [1.29, 1.82) is 0 Å². The Balaban J connectivity index is 2.25. The van der Waals surface area contributed by atoms with E-state index in [0.29, 0.717) is 25.8 Å². The van der Waals surface area contributed by atoms with Gasteiger partial charge in [0.25, 0.3) is 0 Å². The summed E-state index contributed by atoms with van der Waals surface area (Å²) in [4.78, 5) is 8.13. The molecule has 0 saturated carbocycles. The lowest BCUT2D eigenvalue weighted by Gasteiger charge is -2.21. The molecule has 0 spiro atoms. The molecule has 8 nitrogen and oxygen atoms in total. The normalized spacial score (nSPS) is 11.1. The van der Waals surface area contributed by atoms with Crippen LogP contribution in [0.15, 0.2) is 0 Å². The fourth-order valence-electron chi connectivity index (χ4n) is 1.47. The van der Waals surface area contributed by atoms with Crippen LogP contribution in [0.4, 0.5) is 11.8 Å². The van der Waals surface area contributed by atoms with Crippen molar-refractivity contribution in [3.05, 3.63) is 5.15 Å². The Kier molecular flexibility index (Phi) is 8.21. The van der Waals surface area contributed by atoms with E-state index in [9.17, 15) is 0 Å². The maximum absolute atomic E-state index is 5.70. The number of likely N-dealkylation sites (N-methyl/N-ethyl adjacent to an activating group) is 2. The molecule has 0 bridgehead atoms. The van der Waals surface area contributed by atoms with Crippen molar-refractivity contribution < 1.29 is 9.47 Å². The minimum absolute atomic E-state index is 0.123. The highest BCUT2D eigenvalue weighted by Gasteiger charge is 2.09. The lowest BCUT2D eigenvalue weighted by atomic mass is 10.5. The largest absolute Gasteiger partial charge is 0.382 e. The van der Waals surface area contributed by atoms with Gasteiger partial charge in [0.2, 0.25) is 5.95 Å². The number of methoxy groups -OCH3 is 1. The zero-order valence-electron chi connectivity index (χ0n) is 12.8. The molecule has 2 N–H and O–H groups in total. The molecular formula is C12H23ClN6O2. The first-order valence-electron chi connectivity index (χ1n) is 6.66. The quantitative estimate of drug-likeness (QED) is 0.609. The number of anilines is 2. The molecule has 1 rings (SSSR count). The predicted octanol–water partition coefficient (Wildman–Crippen LogP) is 0.138. The Labute approximate surface area is 130 Å². The molecule has 1 aromatic heterocycles. The molecule has 0 aliphatic carbocycles. The van der Waals surface area contributed by atoms with Crippen LogP contribution in [0.25, 0.3) is 0 Å². The molecule has 0 aromatic carbocycles. The van der Waals surface area contributed by atoms with Crippen LogP contribution >= 0.6 is 11.6 Å². The van der Waals surface area contributed by atoms with Gasteiger partial charge < -0.3 is 25.0 Å². The van der Waals surface area contributed by atoms with Gasteiger partial charge in [-0.1, -0.05) is 11.6 Å². The SMILES string of the molecule is COCCOCCN(C)CCN(C)c1nnc(Cl)c(N)n1. The minimum atomic E-state index is 0.123. The average molecular weight is 319 g/mol. The van der Waals surface area contributed by atoms with Crippen molar-refractivity contribution in [2.75, 3.05) is 71.3 Å².